The van der Waals surface area contributed by atoms with E-state index in [1.165, 1.54) is 6.92 Å². The second-order valence-electron chi connectivity index (χ2n) is 8.11. The minimum absolute atomic E-state index is 0.0571. The van der Waals surface area contributed by atoms with Gasteiger partial charge in [-0.05, 0) is 51.8 Å². The third kappa shape index (κ3) is 4.60. The molecule has 4 nitrogen and oxygen atoms in total. The van der Waals surface area contributed by atoms with Crippen LogP contribution in [-0.2, 0) is 25.9 Å². The van der Waals surface area contributed by atoms with E-state index in [4.69, 9.17) is 9.47 Å². The molecule has 1 aliphatic heterocycles. The van der Waals surface area contributed by atoms with Crippen LogP contribution < -0.4 is 0 Å². The van der Waals surface area contributed by atoms with Crippen molar-refractivity contribution in [3.63, 3.8) is 0 Å². The monoisotopic (exact) mass is 392 g/mol. The Morgan fingerprint density at radius 2 is 1.93 bits per heavy atom. The van der Waals surface area contributed by atoms with Crippen molar-refractivity contribution < 1.29 is 36.9 Å². The molecule has 8 heteroatoms. The summed E-state index contributed by atoms with van der Waals surface area (Å²) in [5.41, 5.74) is -5.24. The van der Waals surface area contributed by atoms with Crippen LogP contribution in [0.5, 0.6) is 0 Å². The van der Waals surface area contributed by atoms with Crippen LogP contribution in [0.3, 0.4) is 0 Å². The molecule has 0 saturated carbocycles. The number of ether oxygens (including phenoxy) is 2. The zero-order chi connectivity index (χ0) is 20.7. The van der Waals surface area contributed by atoms with Gasteiger partial charge in [-0.15, -0.1) is 0 Å². The Morgan fingerprint density at radius 3 is 2.41 bits per heavy atom. The summed E-state index contributed by atoms with van der Waals surface area (Å²) in [5, 5.41) is 10.9. The lowest BCUT2D eigenvalue weighted by Crippen LogP contribution is -2.58. The van der Waals surface area contributed by atoms with E-state index in [-0.39, 0.29) is 31.6 Å². The van der Waals surface area contributed by atoms with Gasteiger partial charge >= 0.3 is 12.1 Å². The van der Waals surface area contributed by atoms with Crippen LogP contribution in [0.15, 0.2) is 18.2 Å². The summed E-state index contributed by atoms with van der Waals surface area (Å²) in [6, 6.07) is 2.13. The fraction of sp³-hybridized carbons (Fsp3) is 0.632. The smallest absolute Gasteiger partial charge is 0.416 e. The molecule has 0 bridgehead atoms. The highest BCUT2D eigenvalue weighted by molar-refractivity contribution is 5.72. The third-order valence-electron chi connectivity index (χ3n) is 4.77. The Balaban J connectivity index is 2.53. The molecule has 1 aliphatic rings. The second kappa shape index (κ2) is 7.05. The van der Waals surface area contributed by atoms with Gasteiger partial charge in [-0.1, -0.05) is 6.07 Å². The molecule has 27 heavy (non-hydrogen) atoms. The lowest BCUT2D eigenvalue weighted by molar-refractivity contribution is -0.170. The number of aliphatic hydroxyl groups is 1. The average molecular weight is 392 g/mol. The third-order valence-corrected chi connectivity index (χ3v) is 4.77. The number of esters is 1. The van der Waals surface area contributed by atoms with Crippen molar-refractivity contribution in [2.75, 3.05) is 13.2 Å². The van der Waals surface area contributed by atoms with Gasteiger partial charge in [0.25, 0.3) is 0 Å². The van der Waals surface area contributed by atoms with Crippen molar-refractivity contribution in [1.29, 1.82) is 0 Å². The largest absolute Gasteiger partial charge is 0.460 e. The normalized spacial score (nSPS) is 26.7. The molecule has 0 spiro atoms. The summed E-state index contributed by atoms with van der Waals surface area (Å²) in [6.07, 6.45) is -5.03. The number of alkyl halides is 3. The molecular formula is C19H24F4O4. The highest BCUT2D eigenvalue weighted by Gasteiger charge is 2.54. The first kappa shape index (κ1) is 21.6. The quantitative estimate of drug-likeness (QED) is 0.624. The van der Waals surface area contributed by atoms with Crippen LogP contribution in [0.4, 0.5) is 17.6 Å². The predicted octanol–water partition coefficient (Wildman–Crippen LogP) is 3.99. The summed E-state index contributed by atoms with van der Waals surface area (Å²) < 4.78 is 63.9. The van der Waals surface area contributed by atoms with Crippen molar-refractivity contribution in [1.82, 2.24) is 0 Å². The number of hydrogen-bond donors (Lipinski definition) is 1. The summed E-state index contributed by atoms with van der Waals surface area (Å²) in [7, 11) is 0. The van der Waals surface area contributed by atoms with Gasteiger partial charge in [0.05, 0.1) is 24.2 Å². The molecular weight excluding hydrogens is 368 g/mol. The Kier molecular flexibility index (Phi) is 5.65. The van der Waals surface area contributed by atoms with Crippen LogP contribution in [0.2, 0.25) is 0 Å². The maximum atomic E-state index is 14.7. The minimum Gasteiger partial charge on any atom is -0.460 e. The molecule has 1 heterocycles. The Bertz CT molecular complexity index is 707. The van der Waals surface area contributed by atoms with Crippen LogP contribution >= 0.6 is 0 Å². The molecule has 0 amide bonds. The van der Waals surface area contributed by atoms with E-state index in [9.17, 15) is 27.5 Å². The second-order valence-corrected chi connectivity index (χ2v) is 8.11. The highest BCUT2D eigenvalue weighted by atomic mass is 19.4. The molecule has 1 fully saturated rings. The molecule has 0 aromatic heterocycles. The zero-order valence-corrected chi connectivity index (χ0v) is 15.7. The van der Waals surface area contributed by atoms with Gasteiger partial charge in [-0.3, -0.25) is 4.79 Å². The molecule has 2 rings (SSSR count). The van der Waals surface area contributed by atoms with Crippen LogP contribution in [0.25, 0.3) is 0 Å². The van der Waals surface area contributed by atoms with Crippen LogP contribution in [-0.4, -0.2) is 35.5 Å². The van der Waals surface area contributed by atoms with Crippen LogP contribution in [0.1, 0.15) is 51.7 Å². The van der Waals surface area contributed by atoms with Crippen molar-refractivity contribution >= 4 is 5.97 Å². The van der Waals surface area contributed by atoms with E-state index in [1.807, 2.05) is 0 Å². The molecule has 1 N–H and O–H groups in total. The Hall–Kier alpha value is -1.67. The lowest BCUT2D eigenvalue weighted by Gasteiger charge is -2.48. The molecule has 1 saturated heterocycles. The fourth-order valence-electron chi connectivity index (χ4n) is 3.43. The van der Waals surface area contributed by atoms with Gasteiger partial charge in [0.2, 0.25) is 0 Å². The number of hydrogen-bond acceptors (Lipinski definition) is 4. The van der Waals surface area contributed by atoms with E-state index in [0.29, 0.717) is 6.07 Å². The van der Waals surface area contributed by atoms with E-state index < -0.39 is 40.1 Å². The molecule has 0 radical (unpaired) electrons. The fourth-order valence-corrected chi connectivity index (χ4v) is 3.43. The SMILES string of the molecule is CC(C)(C)OC(=O)CC1(c2ccc(C(F)(F)F)cc2F)CCOCC1(C)O. The summed E-state index contributed by atoms with van der Waals surface area (Å²) in [6.45, 7) is 6.32. The first-order valence-electron chi connectivity index (χ1n) is 8.57. The first-order chi connectivity index (χ1) is 12.2. The van der Waals surface area contributed by atoms with Gasteiger partial charge in [-0.2, -0.15) is 13.2 Å². The topological polar surface area (TPSA) is 55.8 Å². The maximum absolute atomic E-state index is 14.7. The zero-order valence-electron chi connectivity index (χ0n) is 15.7. The lowest BCUT2D eigenvalue weighted by atomic mass is 9.63. The number of rotatable bonds is 3. The standard InChI is InChI=1S/C19H24F4O4/c1-16(2,3)27-15(24)10-18(7-8-26-11-17(18,4)25)13-6-5-12(9-14(13)20)19(21,22)23/h5-6,9,25H,7-8,10-11H2,1-4H3. The van der Waals surface area contributed by atoms with Crippen molar-refractivity contribution in [2.24, 2.45) is 0 Å². The molecule has 0 aliphatic carbocycles. The van der Waals surface area contributed by atoms with Crippen molar-refractivity contribution in [3.05, 3.63) is 35.1 Å². The maximum Gasteiger partial charge on any atom is 0.416 e. The minimum atomic E-state index is -4.70. The van der Waals surface area contributed by atoms with Crippen LogP contribution in [0, 0.1) is 5.82 Å². The van der Waals surface area contributed by atoms with Gasteiger partial charge in [0.15, 0.2) is 0 Å². The van der Waals surface area contributed by atoms with E-state index in [1.54, 1.807) is 20.8 Å². The molecule has 2 unspecified atom stereocenters. The summed E-state index contributed by atoms with van der Waals surface area (Å²) in [4.78, 5) is 12.5. The number of benzene rings is 1. The summed E-state index contributed by atoms with van der Waals surface area (Å²) >= 11 is 0. The number of carbonyl (C=O) groups excluding carboxylic acids is 1. The van der Waals surface area contributed by atoms with E-state index in [2.05, 4.69) is 0 Å². The number of halogens is 4. The predicted molar refractivity (Wildman–Crippen MR) is 89.6 cm³/mol. The molecule has 1 aromatic rings. The Labute approximate surface area is 155 Å². The molecule has 1 aromatic carbocycles. The van der Waals surface area contributed by atoms with Crippen molar-refractivity contribution in [2.45, 2.75) is 63.3 Å². The van der Waals surface area contributed by atoms with Crippen molar-refractivity contribution in [3.8, 4) is 0 Å². The highest BCUT2D eigenvalue weighted by Crippen LogP contribution is 2.46. The Morgan fingerprint density at radius 1 is 1.30 bits per heavy atom. The average Bonchev–Trinajstić information content (AvgIpc) is 2.46. The van der Waals surface area contributed by atoms with E-state index >= 15 is 0 Å². The van der Waals surface area contributed by atoms with Gasteiger partial charge in [0.1, 0.15) is 11.4 Å². The molecule has 2 atom stereocenters. The first-order valence-corrected chi connectivity index (χ1v) is 8.57. The summed E-state index contributed by atoms with van der Waals surface area (Å²) in [5.74, 6) is -1.81. The van der Waals surface area contributed by atoms with Gasteiger partial charge in [0, 0.05) is 12.0 Å². The van der Waals surface area contributed by atoms with Gasteiger partial charge < -0.3 is 14.6 Å². The molecule has 152 valence electrons. The van der Waals surface area contributed by atoms with Gasteiger partial charge in [-0.25, -0.2) is 4.39 Å². The number of carbonyl (C=O) groups is 1. The van der Waals surface area contributed by atoms with E-state index in [0.717, 1.165) is 12.1 Å².